The van der Waals surface area contributed by atoms with Gasteiger partial charge in [0, 0.05) is 5.56 Å². The molecule has 0 saturated carbocycles. The summed E-state index contributed by atoms with van der Waals surface area (Å²) >= 11 is 1.11. The smallest absolute Gasteiger partial charge is 0.372 e. The first kappa shape index (κ1) is 20.3. The van der Waals surface area contributed by atoms with Gasteiger partial charge in [-0.1, -0.05) is 30.0 Å². The molecule has 4 nitrogen and oxygen atoms in total. The van der Waals surface area contributed by atoms with Gasteiger partial charge < -0.3 is 4.74 Å². The van der Waals surface area contributed by atoms with Gasteiger partial charge >= 0.3 is 6.18 Å². The summed E-state index contributed by atoms with van der Waals surface area (Å²) in [6.45, 7) is 1.40. The van der Waals surface area contributed by atoms with Crippen LogP contribution in [0.1, 0.15) is 22.3 Å². The lowest BCUT2D eigenvalue weighted by atomic mass is 10.1. The minimum Gasteiger partial charge on any atom is -0.372 e. The number of amides is 1. The summed E-state index contributed by atoms with van der Waals surface area (Å²) in [6.07, 6.45) is -4.69. The van der Waals surface area contributed by atoms with Gasteiger partial charge in [0.1, 0.15) is 5.82 Å². The molecule has 1 N–H and O–H groups in total. The minimum atomic E-state index is -4.69. The van der Waals surface area contributed by atoms with Gasteiger partial charge in [0.2, 0.25) is 5.91 Å². The summed E-state index contributed by atoms with van der Waals surface area (Å²) in [7, 11) is 0. The number of amidine groups is 1. The molecule has 0 bridgehead atoms. The monoisotopic (exact) mass is 412 g/mol. The highest BCUT2D eigenvalue weighted by Crippen LogP contribution is 2.34. The van der Waals surface area contributed by atoms with Gasteiger partial charge in [-0.05, 0) is 36.2 Å². The Morgan fingerprint density at radius 1 is 1.14 bits per heavy atom. The molecule has 0 radical (unpaired) electrons. The number of anilines is 1. The van der Waals surface area contributed by atoms with Gasteiger partial charge in [-0.15, -0.1) is 0 Å². The molecule has 0 unspecified atom stereocenters. The number of hydrogen-bond donors (Lipinski definition) is 1. The zero-order valence-corrected chi connectivity index (χ0v) is 15.6. The molecule has 2 aromatic carbocycles. The number of aryl methyl sites for hydroxylation is 1. The van der Waals surface area contributed by atoms with Crippen molar-refractivity contribution in [2.75, 3.05) is 10.7 Å². The van der Waals surface area contributed by atoms with Gasteiger partial charge in [-0.3, -0.25) is 15.1 Å². The van der Waals surface area contributed by atoms with Crippen molar-refractivity contribution in [1.82, 2.24) is 0 Å². The quantitative estimate of drug-likeness (QED) is 0.712. The summed E-state index contributed by atoms with van der Waals surface area (Å²) < 4.78 is 57.9. The number of carbonyl (C=O) groups excluding carboxylic acids is 1. The van der Waals surface area contributed by atoms with E-state index in [1.54, 1.807) is 18.2 Å². The molecule has 9 heteroatoms. The van der Waals surface area contributed by atoms with E-state index in [1.165, 1.54) is 4.90 Å². The van der Waals surface area contributed by atoms with E-state index < -0.39 is 17.6 Å². The van der Waals surface area contributed by atoms with Crippen LogP contribution in [0.3, 0.4) is 0 Å². The van der Waals surface area contributed by atoms with Crippen molar-refractivity contribution < 1.29 is 27.1 Å². The molecular weight excluding hydrogens is 396 g/mol. The SMILES string of the molecule is Cc1ccc(COCc2ccc(F)cc2C(F)(F)F)c(N2C(=N)SCC2=O)c1. The van der Waals surface area contributed by atoms with Gasteiger partial charge in [0.05, 0.1) is 30.2 Å². The molecule has 2 aromatic rings. The van der Waals surface area contributed by atoms with E-state index in [4.69, 9.17) is 10.1 Å². The van der Waals surface area contributed by atoms with E-state index in [1.807, 2.05) is 6.92 Å². The van der Waals surface area contributed by atoms with Crippen molar-refractivity contribution in [1.29, 1.82) is 5.41 Å². The van der Waals surface area contributed by atoms with Crippen molar-refractivity contribution >= 4 is 28.5 Å². The molecule has 0 aliphatic carbocycles. The normalized spacial score (nSPS) is 14.8. The van der Waals surface area contributed by atoms with Gasteiger partial charge in [0.25, 0.3) is 0 Å². The van der Waals surface area contributed by atoms with E-state index in [0.717, 1.165) is 29.5 Å². The lowest BCUT2D eigenvalue weighted by Crippen LogP contribution is -2.29. The Bertz CT molecular complexity index is 915. The van der Waals surface area contributed by atoms with Gasteiger partial charge in [-0.25, -0.2) is 4.39 Å². The van der Waals surface area contributed by atoms with Crippen LogP contribution in [0, 0.1) is 18.2 Å². The van der Waals surface area contributed by atoms with Crippen molar-refractivity contribution in [2.24, 2.45) is 0 Å². The van der Waals surface area contributed by atoms with E-state index in [2.05, 4.69) is 0 Å². The maximum absolute atomic E-state index is 13.2. The van der Waals surface area contributed by atoms with Crippen molar-refractivity contribution in [3.8, 4) is 0 Å². The Morgan fingerprint density at radius 3 is 2.46 bits per heavy atom. The average molecular weight is 412 g/mol. The molecule has 1 saturated heterocycles. The summed E-state index contributed by atoms with van der Waals surface area (Å²) in [5.74, 6) is -1.04. The largest absolute Gasteiger partial charge is 0.416 e. The number of rotatable bonds is 5. The lowest BCUT2D eigenvalue weighted by Gasteiger charge is -2.20. The maximum Gasteiger partial charge on any atom is 0.416 e. The maximum atomic E-state index is 13.2. The van der Waals surface area contributed by atoms with Crippen LogP contribution in [-0.4, -0.2) is 16.8 Å². The number of thioether (sulfide) groups is 1. The molecule has 0 aromatic heterocycles. The van der Waals surface area contributed by atoms with Crippen LogP contribution in [0.5, 0.6) is 0 Å². The molecule has 28 heavy (non-hydrogen) atoms. The Labute approximate surface area is 163 Å². The first-order valence-electron chi connectivity index (χ1n) is 8.24. The van der Waals surface area contributed by atoms with Crippen molar-refractivity contribution in [3.63, 3.8) is 0 Å². The zero-order valence-electron chi connectivity index (χ0n) is 14.8. The highest BCUT2D eigenvalue weighted by atomic mass is 32.2. The summed E-state index contributed by atoms with van der Waals surface area (Å²) in [6, 6.07) is 7.67. The first-order valence-corrected chi connectivity index (χ1v) is 9.22. The predicted molar refractivity (Wildman–Crippen MR) is 98.7 cm³/mol. The number of ether oxygens (including phenoxy) is 1. The molecule has 3 rings (SSSR count). The molecule has 0 atom stereocenters. The topological polar surface area (TPSA) is 53.4 Å². The van der Waals surface area contributed by atoms with Crippen LogP contribution in [0.2, 0.25) is 0 Å². The number of benzene rings is 2. The van der Waals surface area contributed by atoms with Crippen LogP contribution < -0.4 is 4.90 Å². The second-order valence-corrected chi connectivity index (χ2v) is 7.21. The number of hydrogen-bond acceptors (Lipinski definition) is 4. The second-order valence-electron chi connectivity index (χ2n) is 6.25. The predicted octanol–water partition coefficient (Wildman–Crippen LogP) is 4.88. The second kappa shape index (κ2) is 7.92. The van der Waals surface area contributed by atoms with E-state index in [0.29, 0.717) is 17.3 Å². The van der Waals surface area contributed by atoms with Crippen LogP contribution in [-0.2, 0) is 28.9 Å². The fourth-order valence-electron chi connectivity index (χ4n) is 2.83. The summed E-state index contributed by atoms with van der Waals surface area (Å²) in [4.78, 5) is 13.4. The van der Waals surface area contributed by atoms with E-state index in [9.17, 15) is 22.4 Å². The Hall–Kier alpha value is -2.39. The van der Waals surface area contributed by atoms with Gasteiger partial charge in [-0.2, -0.15) is 13.2 Å². The summed E-state index contributed by atoms with van der Waals surface area (Å²) in [5, 5.41) is 8.03. The third-order valence-electron chi connectivity index (χ3n) is 4.16. The lowest BCUT2D eigenvalue weighted by molar-refractivity contribution is -0.139. The first-order chi connectivity index (χ1) is 13.2. The highest BCUT2D eigenvalue weighted by molar-refractivity contribution is 8.15. The van der Waals surface area contributed by atoms with E-state index >= 15 is 0 Å². The number of alkyl halides is 3. The zero-order chi connectivity index (χ0) is 20.5. The molecule has 1 amide bonds. The molecule has 1 aliphatic heterocycles. The van der Waals surface area contributed by atoms with Crippen LogP contribution in [0.4, 0.5) is 23.2 Å². The fourth-order valence-corrected chi connectivity index (χ4v) is 3.55. The Morgan fingerprint density at radius 2 is 1.82 bits per heavy atom. The third kappa shape index (κ3) is 4.36. The molecule has 1 aliphatic rings. The Kier molecular flexibility index (Phi) is 5.76. The van der Waals surface area contributed by atoms with Crippen LogP contribution in [0.25, 0.3) is 0 Å². The fraction of sp³-hybridized carbons (Fsp3) is 0.263. The number of halogens is 4. The van der Waals surface area contributed by atoms with Crippen molar-refractivity contribution in [3.05, 3.63) is 64.5 Å². The molecule has 148 valence electrons. The molecular formula is C19H16F4N2O2S. The molecule has 0 spiro atoms. The van der Waals surface area contributed by atoms with Crippen molar-refractivity contribution in [2.45, 2.75) is 26.3 Å². The number of nitrogens with one attached hydrogen (secondary N) is 1. The molecule has 1 heterocycles. The highest BCUT2D eigenvalue weighted by Gasteiger charge is 2.34. The van der Waals surface area contributed by atoms with Crippen LogP contribution >= 0.6 is 11.8 Å². The minimum absolute atomic E-state index is 0.0635. The number of carbonyl (C=O) groups is 1. The third-order valence-corrected chi connectivity index (χ3v) is 5.01. The van der Waals surface area contributed by atoms with Gasteiger partial charge in [0.15, 0.2) is 5.17 Å². The van der Waals surface area contributed by atoms with Crippen LogP contribution in [0.15, 0.2) is 36.4 Å². The average Bonchev–Trinajstić information content (AvgIpc) is 2.95. The Balaban J connectivity index is 1.80. The van der Waals surface area contributed by atoms with E-state index in [-0.39, 0.29) is 35.6 Å². The summed E-state index contributed by atoms with van der Waals surface area (Å²) in [5.41, 5.74) is 0.666. The number of nitrogens with zero attached hydrogens (tertiary/aromatic N) is 1. The standard InChI is InChI=1S/C19H16F4N2O2S/c1-11-2-3-13(16(6-11)25-17(26)10-28-18(25)24)9-27-8-12-4-5-14(20)7-15(12)19(21,22)23/h2-7,24H,8-10H2,1H3. The molecule has 1 fully saturated rings.